The second-order valence-corrected chi connectivity index (χ2v) is 2.43. The Kier molecular flexibility index (Phi) is 2.63. The highest BCUT2D eigenvalue weighted by Crippen LogP contribution is 2.19. The standard InChI is InChI=1S/C9H7BF2/c1-6(5-10)8-3-2-7(11)4-9(8)12/h2-4H,1,5H2. The maximum absolute atomic E-state index is 12.9. The molecule has 0 bridgehead atoms. The summed E-state index contributed by atoms with van der Waals surface area (Å²) in [6, 6.07) is 3.33. The van der Waals surface area contributed by atoms with E-state index in [1.54, 1.807) is 0 Å². The first-order valence-electron chi connectivity index (χ1n) is 3.48. The van der Waals surface area contributed by atoms with Crippen molar-refractivity contribution in [2.24, 2.45) is 0 Å². The Morgan fingerprint density at radius 3 is 2.58 bits per heavy atom. The molecule has 1 aromatic carbocycles. The summed E-state index contributed by atoms with van der Waals surface area (Å²) in [5, 5.41) is 0. The van der Waals surface area contributed by atoms with Gasteiger partial charge in [-0.25, -0.2) is 8.78 Å². The summed E-state index contributed by atoms with van der Waals surface area (Å²) in [7, 11) is 5.25. The van der Waals surface area contributed by atoms with Crippen molar-refractivity contribution in [2.75, 3.05) is 0 Å². The predicted octanol–water partition coefficient (Wildman–Crippen LogP) is 2.56. The first kappa shape index (κ1) is 8.98. The van der Waals surface area contributed by atoms with Crippen LogP contribution in [0.3, 0.4) is 0 Å². The molecule has 12 heavy (non-hydrogen) atoms. The Balaban J connectivity index is 3.09. The van der Waals surface area contributed by atoms with Crippen LogP contribution in [0.1, 0.15) is 5.56 Å². The summed E-state index contributed by atoms with van der Waals surface area (Å²) in [6.45, 7) is 3.55. The molecule has 0 atom stereocenters. The first-order chi connectivity index (χ1) is 5.65. The average molecular weight is 164 g/mol. The molecule has 0 saturated carbocycles. The zero-order valence-corrected chi connectivity index (χ0v) is 6.48. The molecule has 0 fully saturated rings. The van der Waals surface area contributed by atoms with Crippen LogP contribution in [0.25, 0.3) is 5.57 Å². The molecule has 0 spiro atoms. The van der Waals surface area contributed by atoms with E-state index in [9.17, 15) is 8.78 Å². The number of halogens is 2. The van der Waals surface area contributed by atoms with Crippen LogP contribution >= 0.6 is 0 Å². The normalized spacial score (nSPS) is 9.83. The minimum atomic E-state index is -0.620. The van der Waals surface area contributed by atoms with Gasteiger partial charge in [-0.3, -0.25) is 0 Å². The summed E-state index contributed by atoms with van der Waals surface area (Å²) in [4.78, 5) is 0. The van der Waals surface area contributed by atoms with E-state index in [0.29, 0.717) is 5.57 Å². The van der Waals surface area contributed by atoms with Crippen molar-refractivity contribution in [1.29, 1.82) is 0 Å². The Labute approximate surface area is 71.3 Å². The van der Waals surface area contributed by atoms with Crippen LogP contribution in [0.5, 0.6) is 0 Å². The molecule has 0 heterocycles. The maximum Gasteiger partial charge on any atom is 0.133 e. The van der Waals surface area contributed by atoms with Gasteiger partial charge in [0.15, 0.2) is 0 Å². The van der Waals surface area contributed by atoms with Crippen LogP contribution in [0.4, 0.5) is 8.78 Å². The number of hydrogen-bond donors (Lipinski definition) is 0. The van der Waals surface area contributed by atoms with Gasteiger partial charge >= 0.3 is 0 Å². The quantitative estimate of drug-likeness (QED) is 0.589. The predicted molar refractivity (Wildman–Crippen MR) is 46.0 cm³/mol. The van der Waals surface area contributed by atoms with E-state index >= 15 is 0 Å². The van der Waals surface area contributed by atoms with Gasteiger partial charge in [-0.2, -0.15) is 0 Å². The molecule has 0 saturated heterocycles. The lowest BCUT2D eigenvalue weighted by Gasteiger charge is -2.03. The SMILES string of the molecule is [B]CC(=C)c1ccc(F)cc1F. The Hall–Kier alpha value is -1.12. The fourth-order valence-corrected chi connectivity index (χ4v) is 0.886. The molecule has 2 radical (unpaired) electrons. The lowest BCUT2D eigenvalue weighted by atomic mass is 9.92. The third kappa shape index (κ3) is 1.73. The minimum Gasteiger partial charge on any atom is -0.207 e. The topological polar surface area (TPSA) is 0 Å². The molecule has 0 N–H and O–H groups in total. The molecule has 0 aliphatic rings. The third-order valence-electron chi connectivity index (χ3n) is 1.56. The van der Waals surface area contributed by atoms with E-state index < -0.39 is 11.6 Å². The van der Waals surface area contributed by atoms with Crippen LogP contribution in [-0.2, 0) is 0 Å². The average Bonchev–Trinajstić information content (AvgIpc) is 2.03. The van der Waals surface area contributed by atoms with Crippen molar-refractivity contribution in [3.05, 3.63) is 42.0 Å². The Morgan fingerprint density at radius 1 is 1.42 bits per heavy atom. The van der Waals surface area contributed by atoms with E-state index in [1.807, 2.05) is 0 Å². The number of rotatable bonds is 2. The van der Waals surface area contributed by atoms with Gasteiger partial charge in [0.2, 0.25) is 0 Å². The molecular formula is C9H7BF2. The summed E-state index contributed by atoms with van der Waals surface area (Å²) >= 11 is 0. The van der Waals surface area contributed by atoms with E-state index in [4.69, 9.17) is 7.85 Å². The summed E-state index contributed by atoms with van der Waals surface area (Å²) in [5.41, 5.74) is 0.742. The molecule has 0 aromatic heterocycles. The summed E-state index contributed by atoms with van der Waals surface area (Å²) in [5.74, 6) is -1.22. The molecule has 0 nitrogen and oxygen atoms in total. The molecule has 0 aliphatic heterocycles. The van der Waals surface area contributed by atoms with Gasteiger partial charge in [-0.05, 0) is 12.1 Å². The zero-order valence-electron chi connectivity index (χ0n) is 6.48. The Morgan fingerprint density at radius 2 is 2.08 bits per heavy atom. The molecular weight excluding hydrogens is 157 g/mol. The lowest BCUT2D eigenvalue weighted by molar-refractivity contribution is 0.581. The molecule has 3 heteroatoms. The van der Waals surface area contributed by atoms with E-state index in [1.165, 1.54) is 12.1 Å². The van der Waals surface area contributed by atoms with Crippen molar-refractivity contribution in [3.8, 4) is 0 Å². The molecule has 0 unspecified atom stereocenters. The van der Waals surface area contributed by atoms with Crippen LogP contribution in [0, 0.1) is 11.6 Å². The molecule has 60 valence electrons. The lowest BCUT2D eigenvalue weighted by Crippen LogP contribution is -1.89. The highest BCUT2D eigenvalue weighted by atomic mass is 19.1. The highest BCUT2D eigenvalue weighted by Gasteiger charge is 2.04. The second-order valence-electron chi connectivity index (χ2n) is 2.43. The number of allylic oxidation sites excluding steroid dienone is 1. The van der Waals surface area contributed by atoms with Gasteiger partial charge in [-0.15, -0.1) is 0 Å². The first-order valence-corrected chi connectivity index (χ1v) is 3.48. The van der Waals surface area contributed by atoms with Crippen LogP contribution in [0.2, 0.25) is 6.32 Å². The number of benzene rings is 1. The van der Waals surface area contributed by atoms with Crippen molar-refractivity contribution in [3.63, 3.8) is 0 Å². The van der Waals surface area contributed by atoms with Crippen LogP contribution < -0.4 is 0 Å². The van der Waals surface area contributed by atoms with Crippen LogP contribution in [0.15, 0.2) is 24.8 Å². The minimum absolute atomic E-state index is 0.169. The van der Waals surface area contributed by atoms with Crippen LogP contribution in [-0.4, -0.2) is 7.85 Å². The number of hydrogen-bond acceptors (Lipinski definition) is 0. The summed E-state index contributed by atoms with van der Waals surface area (Å²) in [6.07, 6.45) is 0.169. The zero-order chi connectivity index (χ0) is 9.14. The fraction of sp³-hybridized carbons (Fsp3) is 0.111. The molecule has 1 rings (SSSR count). The molecule has 0 aliphatic carbocycles. The largest absolute Gasteiger partial charge is 0.207 e. The molecule has 0 amide bonds. The Bertz CT molecular complexity index is 307. The second kappa shape index (κ2) is 3.52. The molecule has 1 aromatic rings. The smallest absolute Gasteiger partial charge is 0.133 e. The van der Waals surface area contributed by atoms with Gasteiger partial charge < -0.3 is 0 Å². The van der Waals surface area contributed by atoms with Gasteiger partial charge in [-0.1, -0.05) is 18.5 Å². The van der Waals surface area contributed by atoms with Crippen molar-refractivity contribution in [1.82, 2.24) is 0 Å². The van der Waals surface area contributed by atoms with Crippen molar-refractivity contribution >= 4 is 13.4 Å². The van der Waals surface area contributed by atoms with Gasteiger partial charge in [0.25, 0.3) is 0 Å². The maximum atomic E-state index is 12.9. The van der Waals surface area contributed by atoms with E-state index in [0.717, 1.165) is 6.07 Å². The monoisotopic (exact) mass is 164 g/mol. The van der Waals surface area contributed by atoms with Crippen molar-refractivity contribution < 1.29 is 8.78 Å². The van der Waals surface area contributed by atoms with Gasteiger partial charge in [0, 0.05) is 11.6 Å². The van der Waals surface area contributed by atoms with Gasteiger partial charge in [0.1, 0.15) is 11.6 Å². The third-order valence-corrected chi connectivity index (χ3v) is 1.56. The van der Waals surface area contributed by atoms with Crippen molar-refractivity contribution in [2.45, 2.75) is 6.32 Å². The highest BCUT2D eigenvalue weighted by molar-refractivity contribution is 6.14. The van der Waals surface area contributed by atoms with Gasteiger partial charge in [0.05, 0.1) is 7.85 Å². The summed E-state index contributed by atoms with van der Waals surface area (Å²) < 4.78 is 25.3. The van der Waals surface area contributed by atoms with E-state index in [2.05, 4.69) is 6.58 Å². The van der Waals surface area contributed by atoms with E-state index in [-0.39, 0.29) is 11.9 Å². The fourth-order valence-electron chi connectivity index (χ4n) is 0.886.